The van der Waals surface area contributed by atoms with Crippen LogP contribution < -0.4 is 10.5 Å². The van der Waals surface area contributed by atoms with Crippen LogP contribution in [0.5, 0.6) is 5.75 Å². The normalized spacial score (nSPS) is 17.8. The van der Waals surface area contributed by atoms with E-state index in [0.29, 0.717) is 27.3 Å². The Kier molecular flexibility index (Phi) is 7.23. The van der Waals surface area contributed by atoms with Crippen LogP contribution in [0.4, 0.5) is 4.39 Å². The molecule has 2 aromatic carbocycles. The summed E-state index contributed by atoms with van der Waals surface area (Å²) in [6.45, 7) is 0.336. The zero-order valence-electron chi connectivity index (χ0n) is 19.9. The van der Waals surface area contributed by atoms with E-state index in [1.165, 1.54) is 17.4 Å². The van der Waals surface area contributed by atoms with Gasteiger partial charge in [0.2, 0.25) is 0 Å². The van der Waals surface area contributed by atoms with Gasteiger partial charge in [-0.2, -0.15) is 0 Å². The lowest BCUT2D eigenvalue weighted by atomic mass is 9.90. The van der Waals surface area contributed by atoms with Crippen molar-refractivity contribution >= 4 is 38.9 Å². The van der Waals surface area contributed by atoms with Crippen LogP contribution in [0.3, 0.4) is 0 Å². The first-order valence-electron chi connectivity index (χ1n) is 12.0. The summed E-state index contributed by atoms with van der Waals surface area (Å²) in [5, 5.41) is 0.473. The highest BCUT2D eigenvalue weighted by Gasteiger charge is 2.32. The molecule has 0 radical (unpaired) electrons. The fourth-order valence-corrected chi connectivity index (χ4v) is 6.43. The number of carbonyl (C=O) groups excluding carboxylic acids is 1. The van der Waals surface area contributed by atoms with Gasteiger partial charge in [-0.1, -0.05) is 29.8 Å². The Hall–Kier alpha value is -3.00. The second-order valence-electron chi connectivity index (χ2n) is 9.13. The smallest absolute Gasteiger partial charge is 0.266 e. The van der Waals surface area contributed by atoms with Crippen LogP contribution in [-0.4, -0.2) is 35.0 Å². The molecule has 2 aromatic heterocycles. The topological polar surface area (TPSA) is 68.5 Å². The van der Waals surface area contributed by atoms with E-state index in [1.54, 1.807) is 25.4 Å². The molecule has 0 atom stereocenters. The molecule has 0 bridgehead atoms. The minimum Gasteiger partial charge on any atom is -0.496 e. The van der Waals surface area contributed by atoms with Gasteiger partial charge >= 0.3 is 0 Å². The van der Waals surface area contributed by atoms with E-state index in [0.717, 1.165) is 42.4 Å². The fraction of sp³-hybridized carbons (Fsp3) is 0.286. The summed E-state index contributed by atoms with van der Waals surface area (Å²) in [5.41, 5.74) is 9.01. The summed E-state index contributed by atoms with van der Waals surface area (Å²) in [5.74, 6) is 0.0742. The van der Waals surface area contributed by atoms with Crippen LogP contribution in [-0.2, 0) is 6.54 Å². The zero-order valence-corrected chi connectivity index (χ0v) is 21.5. The van der Waals surface area contributed by atoms with Crippen molar-refractivity contribution in [2.24, 2.45) is 5.73 Å². The van der Waals surface area contributed by atoms with Crippen molar-refractivity contribution in [1.29, 1.82) is 0 Å². The van der Waals surface area contributed by atoms with E-state index in [-0.39, 0.29) is 23.0 Å². The van der Waals surface area contributed by atoms with Crippen LogP contribution in [0.1, 0.15) is 40.9 Å². The number of halogens is 2. The van der Waals surface area contributed by atoms with Crippen molar-refractivity contribution in [3.8, 4) is 16.9 Å². The van der Waals surface area contributed by atoms with Crippen LogP contribution in [0.15, 0.2) is 60.9 Å². The first-order chi connectivity index (χ1) is 17.5. The van der Waals surface area contributed by atoms with Crippen LogP contribution in [0.25, 0.3) is 21.2 Å². The van der Waals surface area contributed by atoms with E-state index < -0.39 is 5.82 Å². The third-order valence-corrected chi connectivity index (χ3v) is 8.49. The molecular formula is C28H27ClFN3O2S. The Morgan fingerprint density at radius 3 is 2.67 bits per heavy atom. The number of methoxy groups -OCH3 is 1. The number of benzene rings is 2. The van der Waals surface area contributed by atoms with Crippen LogP contribution in [0.2, 0.25) is 5.02 Å². The molecule has 5 rings (SSSR count). The van der Waals surface area contributed by atoms with Gasteiger partial charge in [0, 0.05) is 52.2 Å². The zero-order chi connectivity index (χ0) is 25.2. The average Bonchev–Trinajstić information content (AvgIpc) is 3.25. The molecule has 1 saturated carbocycles. The predicted octanol–water partition coefficient (Wildman–Crippen LogP) is 6.68. The number of thiophene rings is 1. The number of rotatable bonds is 6. The quantitative estimate of drug-likeness (QED) is 0.306. The number of nitrogens with zero attached hydrogens (tertiary/aromatic N) is 2. The lowest BCUT2D eigenvalue weighted by Crippen LogP contribution is -2.43. The van der Waals surface area contributed by atoms with Gasteiger partial charge in [-0.3, -0.25) is 9.78 Å². The summed E-state index contributed by atoms with van der Waals surface area (Å²) in [4.78, 5) is 20.5. The highest BCUT2D eigenvalue weighted by atomic mass is 35.5. The van der Waals surface area contributed by atoms with Crippen molar-refractivity contribution in [3.63, 3.8) is 0 Å². The minimum atomic E-state index is -0.422. The van der Waals surface area contributed by atoms with Gasteiger partial charge < -0.3 is 15.4 Å². The van der Waals surface area contributed by atoms with E-state index in [4.69, 9.17) is 22.1 Å². The molecule has 0 aliphatic heterocycles. The molecule has 1 aliphatic rings. The lowest BCUT2D eigenvalue weighted by Gasteiger charge is -2.36. The summed E-state index contributed by atoms with van der Waals surface area (Å²) in [6, 6.07) is 14.7. The first kappa shape index (κ1) is 24.7. The molecule has 1 aliphatic carbocycles. The summed E-state index contributed by atoms with van der Waals surface area (Å²) >= 11 is 7.83. The number of hydrogen-bond acceptors (Lipinski definition) is 5. The van der Waals surface area contributed by atoms with Gasteiger partial charge in [0.15, 0.2) is 0 Å². The van der Waals surface area contributed by atoms with Crippen LogP contribution >= 0.6 is 22.9 Å². The lowest BCUT2D eigenvalue weighted by molar-refractivity contribution is 0.0610. The molecule has 186 valence electrons. The van der Waals surface area contributed by atoms with Gasteiger partial charge in [-0.05, 0) is 61.6 Å². The predicted molar refractivity (Wildman–Crippen MR) is 143 cm³/mol. The van der Waals surface area contributed by atoms with Crippen molar-refractivity contribution < 1.29 is 13.9 Å². The van der Waals surface area contributed by atoms with E-state index >= 15 is 0 Å². The Labute approximate surface area is 218 Å². The standard InChI is InChI=1S/C28H27ClFN3O2S/c1-35-23-12-7-17(18-4-3-13-32-15-18)14-19(23)16-33(21-10-8-20(31)9-11-21)28(34)27-26(29)25-22(30)5-2-6-24(25)36-27/h2-7,12-15,20-21H,8-11,16,31H2,1H3. The van der Waals surface area contributed by atoms with Gasteiger partial charge in [0.05, 0.1) is 12.1 Å². The van der Waals surface area contributed by atoms with Crippen molar-refractivity contribution in [1.82, 2.24) is 9.88 Å². The van der Waals surface area contributed by atoms with Gasteiger partial charge in [0.1, 0.15) is 16.4 Å². The molecule has 0 saturated heterocycles. The first-order valence-corrected chi connectivity index (χ1v) is 13.2. The molecule has 2 N–H and O–H groups in total. The number of carbonyl (C=O) groups is 1. The molecule has 36 heavy (non-hydrogen) atoms. The number of aromatic nitrogens is 1. The molecule has 5 nitrogen and oxygen atoms in total. The van der Waals surface area contributed by atoms with Gasteiger partial charge in [-0.15, -0.1) is 11.3 Å². The molecule has 0 unspecified atom stereocenters. The highest BCUT2D eigenvalue weighted by molar-refractivity contribution is 7.21. The summed E-state index contributed by atoms with van der Waals surface area (Å²) in [7, 11) is 1.63. The minimum absolute atomic E-state index is 0.00446. The van der Waals surface area contributed by atoms with Crippen LogP contribution in [0, 0.1) is 5.82 Å². The maximum absolute atomic E-state index is 14.5. The SMILES string of the molecule is COc1ccc(-c2cccnc2)cc1CN(C(=O)c1sc2cccc(F)c2c1Cl)C1CCC(N)CC1. The number of nitrogens with two attached hydrogens (primary N) is 1. The Morgan fingerprint density at radius 2 is 1.97 bits per heavy atom. The summed E-state index contributed by atoms with van der Waals surface area (Å²) < 4.78 is 20.9. The van der Waals surface area contributed by atoms with E-state index in [2.05, 4.69) is 4.98 Å². The molecule has 1 fully saturated rings. The average molecular weight is 524 g/mol. The van der Waals surface area contributed by atoms with Gasteiger partial charge in [-0.25, -0.2) is 4.39 Å². The molecule has 4 aromatic rings. The number of pyridine rings is 1. The number of amides is 1. The Balaban J connectivity index is 1.55. The number of hydrogen-bond donors (Lipinski definition) is 1. The van der Waals surface area contributed by atoms with Crippen molar-refractivity contribution in [3.05, 3.63) is 82.2 Å². The van der Waals surface area contributed by atoms with Gasteiger partial charge in [0.25, 0.3) is 5.91 Å². The third-order valence-electron chi connectivity index (χ3n) is 6.86. The molecule has 2 heterocycles. The summed E-state index contributed by atoms with van der Waals surface area (Å²) in [6.07, 6.45) is 6.83. The fourth-order valence-electron chi connectivity index (χ4n) is 4.92. The Bertz CT molecular complexity index is 1390. The molecule has 1 amide bonds. The highest BCUT2D eigenvalue weighted by Crippen LogP contribution is 2.39. The monoisotopic (exact) mass is 523 g/mol. The van der Waals surface area contributed by atoms with Crippen molar-refractivity contribution in [2.75, 3.05) is 7.11 Å². The number of fused-ring (bicyclic) bond motifs is 1. The van der Waals surface area contributed by atoms with E-state index in [9.17, 15) is 9.18 Å². The van der Waals surface area contributed by atoms with Crippen molar-refractivity contribution in [2.45, 2.75) is 44.3 Å². The second-order valence-corrected chi connectivity index (χ2v) is 10.6. The Morgan fingerprint density at radius 1 is 1.17 bits per heavy atom. The maximum Gasteiger partial charge on any atom is 0.266 e. The van der Waals surface area contributed by atoms with E-state index in [1.807, 2.05) is 41.4 Å². The number of ether oxygens (including phenoxy) is 1. The maximum atomic E-state index is 14.5. The third kappa shape index (κ3) is 4.83. The molecular weight excluding hydrogens is 497 g/mol. The second kappa shape index (κ2) is 10.5. The molecule has 0 spiro atoms. The largest absolute Gasteiger partial charge is 0.496 e. The molecule has 8 heteroatoms.